The molecule has 0 spiro atoms. The van der Waals surface area contributed by atoms with Crippen molar-refractivity contribution < 1.29 is 9.90 Å². The van der Waals surface area contributed by atoms with Gasteiger partial charge in [-0.3, -0.25) is 9.78 Å². The minimum absolute atomic E-state index is 0.0547. The van der Waals surface area contributed by atoms with Crippen LogP contribution in [0.2, 0.25) is 0 Å². The average molecular weight is 195 g/mol. The molecule has 1 aromatic heterocycles. The highest BCUT2D eigenvalue weighted by Gasteiger charge is 2.02. The highest BCUT2D eigenvalue weighted by atomic mass is 16.3. The topological polar surface area (TPSA) is 88.2 Å². The van der Waals surface area contributed by atoms with Crippen molar-refractivity contribution in [2.45, 2.75) is 6.42 Å². The summed E-state index contributed by atoms with van der Waals surface area (Å²) in [5, 5.41) is 11.0. The van der Waals surface area contributed by atoms with Gasteiger partial charge >= 0.3 is 0 Å². The molecule has 76 valence electrons. The Morgan fingerprint density at radius 2 is 2.36 bits per heavy atom. The van der Waals surface area contributed by atoms with Crippen molar-refractivity contribution in [3.05, 3.63) is 24.0 Å². The van der Waals surface area contributed by atoms with Crippen LogP contribution >= 0.6 is 0 Å². The number of nitrogens with two attached hydrogens (primary N) is 1. The lowest BCUT2D eigenvalue weighted by Gasteiger charge is -2.02. The summed E-state index contributed by atoms with van der Waals surface area (Å²) in [7, 11) is 0. The number of hydrogen-bond acceptors (Lipinski definition) is 4. The molecule has 1 aromatic rings. The number of nitrogens with one attached hydrogen (secondary N) is 1. The minimum Gasteiger partial charge on any atom is -0.397 e. The Kier molecular flexibility index (Phi) is 3.87. The number of aromatic nitrogens is 1. The number of rotatable bonds is 4. The van der Waals surface area contributed by atoms with Gasteiger partial charge in [0, 0.05) is 12.2 Å². The number of carbonyl (C=O) groups is 1. The average Bonchev–Trinajstić information content (AvgIpc) is 2.18. The molecule has 4 N–H and O–H groups in total. The van der Waals surface area contributed by atoms with Gasteiger partial charge in [0.25, 0.3) is 0 Å². The maximum absolute atomic E-state index is 11.2. The summed E-state index contributed by atoms with van der Waals surface area (Å²) in [6.45, 7) is 0.217. The molecule has 0 fully saturated rings. The Labute approximate surface area is 82.0 Å². The van der Waals surface area contributed by atoms with E-state index in [2.05, 4.69) is 10.3 Å². The molecule has 5 nitrogen and oxygen atoms in total. The van der Waals surface area contributed by atoms with Crippen molar-refractivity contribution >= 4 is 11.6 Å². The van der Waals surface area contributed by atoms with Gasteiger partial charge in [-0.05, 0) is 12.1 Å². The monoisotopic (exact) mass is 195 g/mol. The molecule has 0 aliphatic heterocycles. The van der Waals surface area contributed by atoms with Crippen molar-refractivity contribution in [2.75, 3.05) is 18.9 Å². The normalized spacial score (nSPS) is 9.79. The molecule has 1 heterocycles. The van der Waals surface area contributed by atoms with E-state index in [0.29, 0.717) is 11.4 Å². The minimum atomic E-state index is -0.156. The number of aliphatic hydroxyl groups is 1. The zero-order chi connectivity index (χ0) is 10.4. The van der Waals surface area contributed by atoms with E-state index >= 15 is 0 Å². The summed E-state index contributed by atoms with van der Waals surface area (Å²) in [4.78, 5) is 15.1. The molecule has 0 radical (unpaired) electrons. The zero-order valence-corrected chi connectivity index (χ0v) is 7.73. The zero-order valence-electron chi connectivity index (χ0n) is 7.73. The van der Waals surface area contributed by atoms with Crippen LogP contribution in [0, 0.1) is 0 Å². The number of carbonyl (C=O) groups excluding carboxylic acids is 1. The van der Waals surface area contributed by atoms with Gasteiger partial charge < -0.3 is 16.2 Å². The second-order valence-electron chi connectivity index (χ2n) is 2.83. The van der Waals surface area contributed by atoms with Gasteiger partial charge in [-0.2, -0.15) is 0 Å². The molecule has 1 amide bonds. The van der Waals surface area contributed by atoms with Gasteiger partial charge in [0.05, 0.1) is 24.9 Å². The van der Waals surface area contributed by atoms with Crippen LogP contribution in [0.5, 0.6) is 0 Å². The molecular formula is C9H13N3O2. The molecule has 0 saturated heterocycles. The fourth-order valence-corrected chi connectivity index (χ4v) is 0.963. The molecule has 0 aliphatic carbocycles. The molecule has 0 bridgehead atoms. The first-order valence-corrected chi connectivity index (χ1v) is 4.30. The summed E-state index contributed by atoms with van der Waals surface area (Å²) < 4.78 is 0. The molecule has 5 heteroatoms. The number of amides is 1. The van der Waals surface area contributed by atoms with Gasteiger partial charge in [0.15, 0.2) is 0 Å². The third-order valence-electron chi connectivity index (χ3n) is 1.62. The Balaban J connectivity index is 2.44. The van der Waals surface area contributed by atoms with Gasteiger partial charge in [-0.25, -0.2) is 0 Å². The van der Waals surface area contributed by atoms with Gasteiger partial charge in [0.1, 0.15) is 0 Å². The second-order valence-corrected chi connectivity index (χ2v) is 2.83. The lowest BCUT2D eigenvalue weighted by molar-refractivity contribution is -0.120. The Morgan fingerprint density at radius 1 is 1.57 bits per heavy atom. The molecular weight excluding hydrogens is 182 g/mol. The molecule has 1 rings (SSSR count). The Bertz CT molecular complexity index is 297. The van der Waals surface area contributed by atoms with E-state index in [1.165, 1.54) is 6.20 Å². The van der Waals surface area contributed by atoms with E-state index in [9.17, 15) is 4.79 Å². The number of nitrogens with zero attached hydrogens (tertiary/aromatic N) is 1. The summed E-state index contributed by atoms with van der Waals surface area (Å²) in [5.41, 5.74) is 6.68. The summed E-state index contributed by atoms with van der Waals surface area (Å²) in [6.07, 6.45) is 1.72. The number of aliphatic hydroxyl groups excluding tert-OH is 1. The number of anilines is 1. The molecule has 0 aliphatic rings. The maximum atomic E-state index is 11.2. The first-order chi connectivity index (χ1) is 6.72. The van der Waals surface area contributed by atoms with Crippen LogP contribution < -0.4 is 11.1 Å². The van der Waals surface area contributed by atoms with E-state index in [0.717, 1.165) is 0 Å². The van der Waals surface area contributed by atoms with Crippen LogP contribution in [0.4, 0.5) is 5.69 Å². The van der Waals surface area contributed by atoms with Crippen LogP contribution in [-0.2, 0) is 11.2 Å². The molecule has 0 unspecified atom stereocenters. The molecule has 0 aromatic carbocycles. The van der Waals surface area contributed by atoms with E-state index in [1.807, 2.05) is 0 Å². The van der Waals surface area contributed by atoms with Gasteiger partial charge in [-0.1, -0.05) is 0 Å². The molecule has 0 saturated carbocycles. The number of pyridine rings is 1. The standard InChI is InChI=1S/C9H13N3O2/c10-7-1-2-8(12-6-7)5-9(14)11-3-4-13/h1-2,6,13H,3-5,10H2,(H,11,14). The quantitative estimate of drug-likeness (QED) is 0.593. The summed E-state index contributed by atoms with van der Waals surface area (Å²) in [5.74, 6) is -0.156. The first-order valence-electron chi connectivity index (χ1n) is 4.30. The highest BCUT2D eigenvalue weighted by molar-refractivity contribution is 5.78. The number of hydrogen-bond donors (Lipinski definition) is 3. The van der Waals surface area contributed by atoms with Crippen molar-refractivity contribution in [2.24, 2.45) is 0 Å². The lowest BCUT2D eigenvalue weighted by Crippen LogP contribution is -2.28. The fraction of sp³-hybridized carbons (Fsp3) is 0.333. The Morgan fingerprint density at radius 3 is 2.93 bits per heavy atom. The third kappa shape index (κ3) is 3.40. The summed E-state index contributed by atoms with van der Waals surface area (Å²) in [6, 6.07) is 3.40. The maximum Gasteiger partial charge on any atom is 0.226 e. The van der Waals surface area contributed by atoms with Crippen LogP contribution in [0.15, 0.2) is 18.3 Å². The van der Waals surface area contributed by atoms with E-state index in [-0.39, 0.29) is 25.5 Å². The van der Waals surface area contributed by atoms with Crippen LogP contribution in [0.3, 0.4) is 0 Å². The fourth-order valence-electron chi connectivity index (χ4n) is 0.963. The molecule has 14 heavy (non-hydrogen) atoms. The van der Waals surface area contributed by atoms with E-state index in [4.69, 9.17) is 10.8 Å². The summed E-state index contributed by atoms with van der Waals surface area (Å²) >= 11 is 0. The smallest absolute Gasteiger partial charge is 0.226 e. The SMILES string of the molecule is Nc1ccc(CC(=O)NCCO)nc1. The largest absolute Gasteiger partial charge is 0.397 e. The van der Waals surface area contributed by atoms with E-state index < -0.39 is 0 Å². The van der Waals surface area contributed by atoms with E-state index in [1.54, 1.807) is 12.1 Å². The Hall–Kier alpha value is -1.62. The van der Waals surface area contributed by atoms with Crippen molar-refractivity contribution in [1.29, 1.82) is 0 Å². The second kappa shape index (κ2) is 5.18. The van der Waals surface area contributed by atoms with Crippen LogP contribution in [0.25, 0.3) is 0 Å². The molecule has 0 atom stereocenters. The lowest BCUT2D eigenvalue weighted by atomic mass is 10.2. The number of nitrogen functional groups attached to an aromatic ring is 1. The van der Waals surface area contributed by atoms with Gasteiger partial charge in [-0.15, -0.1) is 0 Å². The van der Waals surface area contributed by atoms with Crippen molar-refractivity contribution in [3.63, 3.8) is 0 Å². The third-order valence-corrected chi connectivity index (χ3v) is 1.62. The van der Waals surface area contributed by atoms with Crippen LogP contribution in [0.1, 0.15) is 5.69 Å². The highest BCUT2D eigenvalue weighted by Crippen LogP contribution is 2.01. The van der Waals surface area contributed by atoms with Gasteiger partial charge in [0.2, 0.25) is 5.91 Å². The predicted octanol–water partition coefficient (Wildman–Crippen LogP) is -0.685. The predicted molar refractivity (Wildman–Crippen MR) is 52.4 cm³/mol. The van der Waals surface area contributed by atoms with Crippen molar-refractivity contribution in [1.82, 2.24) is 10.3 Å². The first kappa shape index (κ1) is 10.5. The van der Waals surface area contributed by atoms with Crippen molar-refractivity contribution in [3.8, 4) is 0 Å². The van der Waals surface area contributed by atoms with Crippen LogP contribution in [-0.4, -0.2) is 29.1 Å².